The number of aliphatic carboxylic acids is 1. The molecular formula is C28H25N9O11S3. The Kier molecular flexibility index (Phi) is 9.52. The van der Waals surface area contributed by atoms with Crippen LogP contribution in [0.2, 0.25) is 0 Å². The fourth-order valence-corrected chi connectivity index (χ4v) is 8.21. The number of allylic oxidation sites excluding steroid dienone is 1. The third kappa shape index (κ3) is 6.73. The van der Waals surface area contributed by atoms with Crippen molar-refractivity contribution in [1.82, 2.24) is 30.8 Å². The van der Waals surface area contributed by atoms with E-state index >= 15 is 0 Å². The molecule has 266 valence electrons. The SMILES string of the molecule is CC1=NC2=CN(C(=O)O)NN2C(SCC2=C(C(=O)O)N3C(=O)[C@@H](NC(=O)C(=NOCc4ccc(C(=O)O)c(O)c4O)c4csc(N)n4)[C@H]3SC2)=C1. The Morgan fingerprint density at radius 1 is 1.18 bits per heavy atom. The number of nitrogens with two attached hydrogens (primary N) is 1. The number of aliphatic imine (C=N–C) groups is 1. The topological polar surface area (TPSA) is 293 Å². The molecule has 1 aromatic carbocycles. The zero-order chi connectivity index (χ0) is 36.7. The lowest BCUT2D eigenvalue weighted by molar-refractivity contribution is -0.150. The number of oxime groups is 1. The second-order valence-electron chi connectivity index (χ2n) is 10.8. The van der Waals surface area contributed by atoms with Gasteiger partial charge < -0.3 is 41.4 Å². The molecule has 2 atom stereocenters. The molecule has 5 heterocycles. The summed E-state index contributed by atoms with van der Waals surface area (Å²) in [6, 6.07) is 1.08. The minimum Gasteiger partial charge on any atom is -0.504 e. The monoisotopic (exact) mass is 759 g/mol. The number of benzene rings is 1. The number of carboxylic acids is 2. The number of thiazole rings is 1. The summed E-state index contributed by atoms with van der Waals surface area (Å²) in [6.07, 6.45) is 1.73. The molecule has 3 amide bonds. The summed E-state index contributed by atoms with van der Waals surface area (Å²) < 4.78 is 0. The summed E-state index contributed by atoms with van der Waals surface area (Å²) in [5.74, 6) is -5.42. The van der Waals surface area contributed by atoms with Crippen LogP contribution in [0.25, 0.3) is 0 Å². The van der Waals surface area contributed by atoms with Crippen LogP contribution in [0, 0.1) is 0 Å². The predicted molar refractivity (Wildman–Crippen MR) is 181 cm³/mol. The number of amides is 3. The second-order valence-corrected chi connectivity index (χ2v) is 13.8. The van der Waals surface area contributed by atoms with E-state index in [0.717, 1.165) is 27.3 Å². The van der Waals surface area contributed by atoms with E-state index in [9.17, 15) is 44.4 Å². The fourth-order valence-electron chi connectivity index (χ4n) is 5.11. The van der Waals surface area contributed by atoms with Crippen LogP contribution in [0.15, 0.2) is 62.1 Å². The van der Waals surface area contributed by atoms with Gasteiger partial charge in [0.2, 0.25) is 0 Å². The van der Waals surface area contributed by atoms with Gasteiger partial charge in [-0.25, -0.2) is 29.4 Å². The molecule has 23 heteroatoms. The van der Waals surface area contributed by atoms with Crippen LogP contribution in [0.5, 0.6) is 11.5 Å². The first-order valence-electron chi connectivity index (χ1n) is 14.3. The van der Waals surface area contributed by atoms with E-state index < -0.39 is 70.6 Å². The molecule has 0 unspecified atom stereocenters. The summed E-state index contributed by atoms with van der Waals surface area (Å²) in [4.78, 5) is 76.6. The first-order valence-corrected chi connectivity index (χ1v) is 17.3. The molecule has 1 saturated heterocycles. The molecule has 4 aliphatic heterocycles. The van der Waals surface area contributed by atoms with E-state index in [1.165, 1.54) is 46.2 Å². The van der Waals surface area contributed by atoms with Gasteiger partial charge in [0.15, 0.2) is 28.2 Å². The van der Waals surface area contributed by atoms with Crippen LogP contribution in [-0.2, 0) is 25.8 Å². The van der Waals surface area contributed by atoms with Gasteiger partial charge in [0.25, 0.3) is 11.8 Å². The largest absolute Gasteiger partial charge is 0.504 e. The Labute approximate surface area is 298 Å². The van der Waals surface area contributed by atoms with Crippen molar-refractivity contribution in [3.8, 4) is 11.5 Å². The predicted octanol–water partition coefficient (Wildman–Crippen LogP) is 1.06. The van der Waals surface area contributed by atoms with Crippen molar-refractivity contribution in [1.29, 1.82) is 0 Å². The van der Waals surface area contributed by atoms with Crippen LogP contribution in [0.4, 0.5) is 9.93 Å². The number of aromatic carboxylic acids is 1. The lowest BCUT2D eigenvalue weighted by atomic mass is 10.0. The van der Waals surface area contributed by atoms with Crippen LogP contribution >= 0.6 is 34.9 Å². The maximum absolute atomic E-state index is 13.5. The number of fused-ring (bicyclic) bond motifs is 2. The number of phenolic OH excluding ortho intramolecular Hbond substituents is 1. The number of β-lactam (4-membered cyclic amide) rings is 1. The molecule has 2 aromatic rings. The van der Waals surface area contributed by atoms with Crippen LogP contribution < -0.4 is 16.6 Å². The fraction of sp³-hybridized carbons (Fsp3) is 0.214. The summed E-state index contributed by atoms with van der Waals surface area (Å²) in [5.41, 5.74) is 8.17. The molecular weight excluding hydrogens is 735 g/mol. The van der Waals surface area contributed by atoms with Crippen LogP contribution in [0.3, 0.4) is 0 Å². The molecule has 0 radical (unpaired) electrons. The van der Waals surface area contributed by atoms with Gasteiger partial charge in [0, 0.05) is 28.2 Å². The number of nitrogens with one attached hydrogen (secondary N) is 2. The lowest BCUT2D eigenvalue weighted by Crippen LogP contribution is -2.71. The molecule has 0 bridgehead atoms. The van der Waals surface area contributed by atoms with Crippen molar-refractivity contribution in [2.24, 2.45) is 10.1 Å². The number of rotatable bonds is 11. The molecule has 20 nitrogen and oxygen atoms in total. The van der Waals surface area contributed by atoms with Crippen molar-refractivity contribution in [2.45, 2.75) is 24.9 Å². The van der Waals surface area contributed by atoms with Gasteiger partial charge in [-0.3, -0.25) is 14.5 Å². The Balaban J connectivity index is 1.15. The zero-order valence-electron chi connectivity index (χ0n) is 25.8. The number of hydrogen-bond donors (Lipinski definition) is 8. The minimum atomic E-state index is -1.47. The minimum absolute atomic E-state index is 0.0112. The number of aromatic nitrogens is 1. The van der Waals surface area contributed by atoms with Crippen molar-refractivity contribution < 1.29 is 54.3 Å². The Morgan fingerprint density at radius 2 is 1.94 bits per heavy atom. The van der Waals surface area contributed by atoms with Crippen molar-refractivity contribution in [3.05, 3.63) is 68.7 Å². The van der Waals surface area contributed by atoms with E-state index in [-0.39, 0.29) is 33.6 Å². The number of hydrogen-bond acceptors (Lipinski definition) is 17. The maximum Gasteiger partial charge on any atom is 0.427 e. The third-order valence-corrected chi connectivity index (χ3v) is 10.6. The van der Waals surface area contributed by atoms with E-state index in [2.05, 4.69) is 26.0 Å². The standard InChI is InChI=1S/C28H25N9O11S3/c1-10-4-16(37-15(30-10)5-35(34-37)28(46)47)49-7-12-8-50-24-18(23(41)36(24)19(12)26(44)45)32-22(40)17(14-9-51-27(29)31-14)33-48-6-11-2-3-13(25(42)43)21(39)20(11)38/h2-5,9,18,24,34,38-39H,6-8H2,1H3,(H2,29,31)(H,32,40)(H,42,43)(H,44,45)(H,46,47)/t18-,24-/m1/s1. The highest BCUT2D eigenvalue weighted by Crippen LogP contribution is 2.42. The first-order chi connectivity index (χ1) is 24.2. The molecule has 1 aromatic heterocycles. The Morgan fingerprint density at radius 3 is 2.61 bits per heavy atom. The second kappa shape index (κ2) is 13.9. The van der Waals surface area contributed by atoms with Gasteiger partial charge >= 0.3 is 18.0 Å². The highest BCUT2D eigenvalue weighted by atomic mass is 32.2. The van der Waals surface area contributed by atoms with E-state index in [1.807, 2.05) is 0 Å². The van der Waals surface area contributed by atoms with Crippen LogP contribution in [-0.4, -0.2) is 110 Å². The summed E-state index contributed by atoms with van der Waals surface area (Å²) in [5, 5.41) is 58.7. The number of carboxylic acid groups (broad SMARTS) is 3. The molecule has 51 heavy (non-hydrogen) atoms. The average Bonchev–Trinajstić information content (AvgIpc) is 3.71. The summed E-state index contributed by atoms with van der Waals surface area (Å²) in [6.45, 7) is 1.21. The molecule has 6 rings (SSSR count). The number of nitrogens with zero attached hydrogens (tertiary/aromatic N) is 6. The van der Waals surface area contributed by atoms with Crippen LogP contribution in [0.1, 0.15) is 28.5 Å². The molecule has 0 aliphatic carbocycles. The number of anilines is 1. The molecule has 9 N–H and O–H groups in total. The Hall–Kier alpha value is -5.78. The molecule has 1 fully saturated rings. The molecule has 4 aliphatic rings. The average molecular weight is 760 g/mol. The number of nitrogen functional groups attached to an aromatic ring is 1. The van der Waals surface area contributed by atoms with E-state index in [1.54, 1.807) is 13.0 Å². The molecule has 0 saturated carbocycles. The first kappa shape index (κ1) is 35.1. The van der Waals surface area contributed by atoms with Gasteiger partial charge in [-0.1, -0.05) is 11.2 Å². The maximum atomic E-state index is 13.5. The normalized spacial score (nSPS) is 19.8. The summed E-state index contributed by atoms with van der Waals surface area (Å²) >= 11 is 3.43. The van der Waals surface area contributed by atoms with Crippen molar-refractivity contribution in [3.63, 3.8) is 0 Å². The van der Waals surface area contributed by atoms with Gasteiger partial charge in [0.05, 0.1) is 11.2 Å². The van der Waals surface area contributed by atoms with Gasteiger partial charge in [-0.05, 0) is 24.6 Å². The number of carbonyl (C=O) groups excluding carboxylic acids is 2. The van der Waals surface area contributed by atoms with Gasteiger partial charge in [-0.15, -0.1) is 40.4 Å². The van der Waals surface area contributed by atoms with Crippen molar-refractivity contribution in [2.75, 3.05) is 17.2 Å². The van der Waals surface area contributed by atoms with E-state index in [4.69, 9.17) is 15.7 Å². The number of aromatic hydroxyl groups is 2. The zero-order valence-corrected chi connectivity index (χ0v) is 28.3. The quantitative estimate of drug-likeness (QED) is 0.0687. The smallest absolute Gasteiger partial charge is 0.427 e. The highest BCUT2D eigenvalue weighted by Gasteiger charge is 2.54. The third-order valence-electron chi connectivity index (χ3n) is 7.48. The highest BCUT2D eigenvalue weighted by molar-refractivity contribution is 8.03. The lowest BCUT2D eigenvalue weighted by Gasteiger charge is -2.49. The van der Waals surface area contributed by atoms with Crippen molar-refractivity contribution >= 4 is 81.3 Å². The number of hydrazine groups is 2. The number of phenols is 2. The number of carbonyl (C=O) groups is 5. The van der Waals surface area contributed by atoms with Gasteiger partial charge in [0.1, 0.15) is 35.0 Å². The molecule has 0 spiro atoms. The van der Waals surface area contributed by atoms with Gasteiger partial charge in [-0.2, -0.15) is 5.01 Å². The Bertz CT molecular complexity index is 2040. The summed E-state index contributed by atoms with van der Waals surface area (Å²) in [7, 11) is 0. The number of thioether (sulfide) groups is 2. The van der Waals surface area contributed by atoms with E-state index in [0.29, 0.717) is 22.1 Å².